The molecule has 2 heterocycles. The molecule has 0 atom stereocenters. The summed E-state index contributed by atoms with van der Waals surface area (Å²) >= 11 is 1.68. The van der Waals surface area contributed by atoms with Crippen LogP contribution in [0.5, 0.6) is 0 Å². The van der Waals surface area contributed by atoms with E-state index in [-0.39, 0.29) is 0 Å². The third-order valence-corrected chi connectivity index (χ3v) is 4.51. The molecular weight excluding hydrogens is 304 g/mol. The van der Waals surface area contributed by atoms with Gasteiger partial charge in [0.1, 0.15) is 0 Å². The van der Waals surface area contributed by atoms with E-state index in [0.717, 1.165) is 30.5 Å². The molecule has 1 aromatic carbocycles. The first-order valence-electron chi connectivity index (χ1n) is 8.60. The highest BCUT2D eigenvalue weighted by molar-refractivity contribution is 7.14. The van der Waals surface area contributed by atoms with Gasteiger partial charge >= 0.3 is 0 Å². The van der Waals surface area contributed by atoms with E-state index in [1.807, 2.05) is 19.9 Å². The van der Waals surface area contributed by atoms with Gasteiger partial charge in [-0.1, -0.05) is 44.2 Å². The van der Waals surface area contributed by atoms with Crippen LogP contribution >= 0.6 is 11.3 Å². The quantitative estimate of drug-likeness (QED) is 0.794. The monoisotopic (exact) mass is 332 g/mol. The summed E-state index contributed by atoms with van der Waals surface area (Å²) in [4.78, 5) is 7.17. The standard InChI is InChI=1S/C16H22N4S.C2H6/c1-2-5-14(6-3-1)15-13-21-16(19-15)18-7-4-10-20-11-8-17-9-12-20;1-2/h1-3,5-6,13,17H,4,7-12H2,(H,18,19);1-2H3. The molecule has 0 amide bonds. The molecule has 0 saturated carbocycles. The molecule has 0 spiro atoms. The highest BCUT2D eigenvalue weighted by atomic mass is 32.1. The normalized spacial score (nSPS) is 14.9. The highest BCUT2D eigenvalue weighted by Gasteiger charge is 2.08. The second-order valence-corrected chi connectivity index (χ2v) is 6.13. The van der Waals surface area contributed by atoms with Crippen LogP contribution < -0.4 is 10.6 Å². The van der Waals surface area contributed by atoms with E-state index in [9.17, 15) is 0 Å². The van der Waals surface area contributed by atoms with E-state index in [2.05, 4.69) is 50.2 Å². The molecule has 1 fully saturated rings. The lowest BCUT2D eigenvalue weighted by molar-refractivity contribution is 0.240. The maximum absolute atomic E-state index is 4.65. The van der Waals surface area contributed by atoms with Gasteiger partial charge in [0.2, 0.25) is 0 Å². The van der Waals surface area contributed by atoms with Crippen molar-refractivity contribution >= 4 is 16.5 Å². The number of nitrogens with zero attached hydrogens (tertiary/aromatic N) is 2. The van der Waals surface area contributed by atoms with Crippen LogP contribution in [0.1, 0.15) is 20.3 Å². The van der Waals surface area contributed by atoms with Crippen molar-refractivity contribution in [1.29, 1.82) is 0 Å². The zero-order valence-corrected chi connectivity index (χ0v) is 15.0. The van der Waals surface area contributed by atoms with Gasteiger partial charge in [-0.2, -0.15) is 0 Å². The predicted octanol–water partition coefficient (Wildman–Crippen LogP) is 3.54. The summed E-state index contributed by atoms with van der Waals surface area (Å²) in [5, 5.41) is 9.96. The molecule has 0 radical (unpaired) electrons. The van der Waals surface area contributed by atoms with Crippen LogP contribution in [0.2, 0.25) is 0 Å². The minimum atomic E-state index is 0.992. The van der Waals surface area contributed by atoms with Gasteiger partial charge in [0, 0.05) is 43.7 Å². The SMILES string of the molecule is CC.c1ccc(-c2csc(NCCCN3CCNCC3)n2)cc1. The lowest BCUT2D eigenvalue weighted by atomic mass is 10.2. The van der Waals surface area contributed by atoms with Gasteiger partial charge in [-0.05, 0) is 13.0 Å². The van der Waals surface area contributed by atoms with Crippen molar-refractivity contribution in [2.75, 3.05) is 44.6 Å². The number of thiazole rings is 1. The molecule has 23 heavy (non-hydrogen) atoms. The van der Waals surface area contributed by atoms with Crippen molar-refractivity contribution in [3.8, 4) is 11.3 Å². The van der Waals surface area contributed by atoms with E-state index in [4.69, 9.17) is 0 Å². The van der Waals surface area contributed by atoms with Gasteiger partial charge < -0.3 is 15.5 Å². The molecule has 0 bridgehead atoms. The molecule has 0 unspecified atom stereocenters. The fourth-order valence-corrected chi connectivity index (χ4v) is 3.28. The highest BCUT2D eigenvalue weighted by Crippen LogP contribution is 2.24. The van der Waals surface area contributed by atoms with Gasteiger partial charge in [-0.15, -0.1) is 11.3 Å². The summed E-state index contributed by atoms with van der Waals surface area (Å²) in [5.41, 5.74) is 2.24. The number of hydrogen-bond donors (Lipinski definition) is 2. The molecule has 126 valence electrons. The van der Waals surface area contributed by atoms with Crippen molar-refractivity contribution in [2.24, 2.45) is 0 Å². The van der Waals surface area contributed by atoms with Crippen LogP contribution in [0.4, 0.5) is 5.13 Å². The van der Waals surface area contributed by atoms with Crippen LogP contribution in [0.25, 0.3) is 11.3 Å². The molecule has 4 nitrogen and oxygen atoms in total. The Kier molecular flexibility index (Phi) is 8.07. The Balaban J connectivity index is 0.000000924. The first-order chi connectivity index (χ1) is 11.4. The molecule has 3 rings (SSSR count). The molecule has 5 heteroatoms. The largest absolute Gasteiger partial charge is 0.361 e. The lowest BCUT2D eigenvalue weighted by Gasteiger charge is -2.26. The molecule has 1 aliphatic rings. The van der Waals surface area contributed by atoms with Crippen LogP contribution in [0, 0.1) is 0 Å². The summed E-state index contributed by atoms with van der Waals surface area (Å²) in [7, 11) is 0. The van der Waals surface area contributed by atoms with E-state index >= 15 is 0 Å². The Hall–Kier alpha value is -1.43. The smallest absolute Gasteiger partial charge is 0.183 e. The van der Waals surface area contributed by atoms with Crippen molar-refractivity contribution in [1.82, 2.24) is 15.2 Å². The van der Waals surface area contributed by atoms with Crippen LogP contribution in [0.15, 0.2) is 35.7 Å². The second-order valence-electron chi connectivity index (χ2n) is 5.28. The van der Waals surface area contributed by atoms with E-state index in [1.54, 1.807) is 11.3 Å². The number of benzene rings is 1. The Labute approximate surface area is 143 Å². The summed E-state index contributed by atoms with van der Waals surface area (Å²) in [6, 6.07) is 10.3. The topological polar surface area (TPSA) is 40.2 Å². The van der Waals surface area contributed by atoms with Gasteiger partial charge in [0.25, 0.3) is 0 Å². The number of nitrogens with one attached hydrogen (secondary N) is 2. The number of anilines is 1. The molecule has 2 N–H and O–H groups in total. The Bertz CT molecular complexity index is 535. The van der Waals surface area contributed by atoms with Crippen molar-refractivity contribution in [3.05, 3.63) is 35.7 Å². The fourth-order valence-electron chi connectivity index (χ4n) is 2.53. The Morgan fingerprint density at radius 2 is 1.91 bits per heavy atom. The molecule has 2 aromatic rings. The first-order valence-corrected chi connectivity index (χ1v) is 9.48. The third-order valence-electron chi connectivity index (χ3n) is 3.71. The maximum atomic E-state index is 4.65. The summed E-state index contributed by atoms with van der Waals surface area (Å²) in [6.07, 6.45) is 1.17. The van der Waals surface area contributed by atoms with Crippen molar-refractivity contribution < 1.29 is 0 Å². The van der Waals surface area contributed by atoms with Gasteiger partial charge in [0.05, 0.1) is 5.69 Å². The fraction of sp³-hybridized carbons (Fsp3) is 0.500. The molecule has 1 saturated heterocycles. The molecule has 1 aromatic heterocycles. The Morgan fingerprint density at radius 1 is 1.17 bits per heavy atom. The van der Waals surface area contributed by atoms with Crippen LogP contribution in [0.3, 0.4) is 0 Å². The lowest BCUT2D eigenvalue weighted by Crippen LogP contribution is -2.44. The van der Waals surface area contributed by atoms with E-state index < -0.39 is 0 Å². The van der Waals surface area contributed by atoms with Crippen LogP contribution in [-0.2, 0) is 0 Å². The van der Waals surface area contributed by atoms with Crippen LogP contribution in [-0.4, -0.2) is 49.2 Å². The predicted molar refractivity (Wildman–Crippen MR) is 101 cm³/mol. The van der Waals surface area contributed by atoms with Gasteiger partial charge in [-0.3, -0.25) is 0 Å². The maximum Gasteiger partial charge on any atom is 0.183 e. The molecular formula is C18H28N4S. The number of hydrogen-bond acceptors (Lipinski definition) is 5. The zero-order valence-electron chi connectivity index (χ0n) is 14.2. The van der Waals surface area contributed by atoms with E-state index in [0.29, 0.717) is 0 Å². The van der Waals surface area contributed by atoms with Crippen molar-refractivity contribution in [2.45, 2.75) is 20.3 Å². The van der Waals surface area contributed by atoms with E-state index in [1.165, 1.54) is 31.6 Å². The number of rotatable bonds is 6. The third kappa shape index (κ3) is 5.94. The summed E-state index contributed by atoms with van der Waals surface area (Å²) in [5.74, 6) is 0. The second kappa shape index (κ2) is 10.4. The number of aromatic nitrogens is 1. The van der Waals surface area contributed by atoms with Gasteiger partial charge in [-0.25, -0.2) is 4.98 Å². The zero-order chi connectivity index (χ0) is 16.3. The summed E-state index contributed by atoms with van der Waals surface area (Å²) < 4.78 is 0. The minimum absolute atomic E-state index is 0.992. The Morgan fingerprint density at radius 3 is 2.65 bits per heavy atom. The average Bonchev–Trinajstić information content (AvgIpc) is 3.11. The average molecular weight is 333 g/mol. The minimum Gasteiger partial charge on any atom is -0.361 e. The number of piperazine rings is 1. The van der Waals surface area contributed by atoms with Crippen molar-refractivity contribution in [3.63, 3.8) is 0 Å². The molecule has 0 aliphatic carbocycles. The first kappa shape index (κ1) is 17.9. The molecule has 1 aliphatic heterocycles. The van der Waals surface area contributed by atoms with Gasteiger partial charge in [0.15, 0.2) is 5.13 Å². The summed E-state index contributed by atoms with van der Waals surface area (Å²) in [6.45, 7) is 10.8.